The normalized spacial score (nSPS) is 19.6. The molecule has 0 bridgehead atoms. The van der Waals surface area contributed by atoms with Gasteiger partial charge in [0.1, 0.15) is 0 Å². The molecule has 2 heterocycles. The number of amides is 1. The Morgan fingerprint density at radius 3 is 2.85 bits per heavy atom. The van der Waals surface area contributed by atoms with Crippen molar-refractivity contribution in [3.8, 4) is 0 Å². The van der Waals surface area contributed by atoms with Gasteiger partial charge in [0.15, 0.2) is 0 Å². The number of rotatable bonds is 5. The summed E-state index contributed by atoms with van der Waals surface area (Å²) >= 11 is 0. The summed E-state index contributed by atoms with van der Waals surface area (Å²) in [6.45, 7) is 2.95. The van der Waals surface area contributed by atoms with Crippen molar-refractivity contribution in [2.24, 2.45) is 11.1 Å². The topological polar surface area (TPSA) is 93.4 Å². The van der Waals surface area contributed by atoms with Crippen LogP contribution in [0, 0.1) is 12.8 Å². The largest absolute Gasteiger partial charge is 0.342 e. The lowest BCUT2D eigenvalue weighted by atomic mass is 10.1. The van der Waals surface area contributed by atoms with Crippen molar-refractivity contribution in [1.82, 2.24) is 9.88 Å². The van der Waals surface area contributed by atoms with Gasteiger partial charge in [-0.05, 0) is 19.1 Å². The average molecular weight is 297 g/mol. The number of carbonyl (C=O) groups is 1. The zero-order valence-corrected chi connectivity index (χ0v) is 12.3. The number of pyridine rings is 1. The maximum atomic E-state index is 11.8. The van der Waals surface area contributed by atoms with E-state index in [1.165, 1.54) is 0 Å². The molecular formula is C13H19N3O3S. The summed E-state index contributed by atoms with van der Waals surface area (Å²) in [6.07, 6.45) is 0.938. The number of aryl methyl sites for hydroxylation is 1. The molecule has 110 valence electrons. The third kappa shape index (κ3) is 4.28. The van der Waals surface area contributed by atoms with E-state index in [4.69, 9.17) is 5.14 Å². The second-order valence-electron chi connectivity index (χ2n) is 5.26. The van der Waals surface area contributed by atoms with Crippen molar-refractivity contribution in [2.75, 3.05) is 18.8 Å². The quantitative estimate of drug-likeness (QED) is 0.832. The van der Waals surface area contributed by atoms with E-state index >= 15 is 0 Å². The molecule has 1 aliphatic rings. The first kappa shape index (κ1) is 14.9. The zero-order chi connectivity index (χ0) is 14.8. The molecule has 6 nitrogen and oxygen atoms in total. The molecule has 1 aromatic rings. The lowest BCUT2D eigenvalue weighted by Crippen LogP contribution is -2.29. The number of sulfonamides is 1. The number of nitrogens with zero attached hydrogens (tertiary/aromatic N) is 2. The molecule has 1 aliphatic heterocycles. The number of nitrogens with two attached hydrogens (primary N) is 1. The predicted molar refractivity (Wildman–Crippen MR) is 75.3 cm³/mol. The van der Waals surface area contributed by atoms with Gasteiger partial charge in [0.25, 0.3) is 0 Å². The SMILES string of the molecule is Cc1cccc(CCN2CC(CS(N)(=O)=O)CC2=O)n1. The third-order valence-corrected chi connectivity index (χ3v) is 4.28. The van der Waals surface area contributed by atoms with Gasteiger partial charge in [-0.1, -0.05) is 6.07 Å². The summed E-state index contributed by atoms with van der Waals surface area (Å²) in [4.78, 5) is 17.9. The molecule has 0 saturated carbocycles. The van der Waals surface area contributed by atoms with Gasteiger partial charge in [0.2, 0.25) is 15.9 Å². The van der Waals surface area contributed by atoms with E-state index in [-0.39, 0.29) is 24.0 Å². The van der Waals surface area contributed by atoms with E-state index in [0.717, 1.165) is 11.4 Å². The van der Waals surface area contributed by atoms with Gasteiger partial charge < -0.3 is 4.90 Å². The Kier molecular flexibility index (Phi) is 4.39. The Morgan fingerprint density at radius 1 is 1.45 bits per heavy atom. The van der Waals surface area contributed by atoms with Gasteiger partial charge in [-0.25, -0.2) is 13.6 Å². The zero-order valence-electron chi connectivity index (χ0n) is 11.4. The van der Waals surface area contributed by atoms with Crippen LogP contribution < -0.4 is 5.14 Å². The number of aromatic nitrogens is 1. The molecule has 0 aromatic carbocycles. The van der Waals surface area contributed by atoms with Crippen LogP contribution in [0.5, 0.6) is 0 Å². The number of carbonyl (C=O) groups excluding carboxylic acids is 1. The van der Waals surface area contributed by atoms with E-state index in [1.54, 1.807) is 4.90 Å². The minimum absolute atomic E-state index is 0.00805. The fourth-order valence-electron chi connectivity index (χ4n) is 2.50. The smallest absolute Gasteiger partial charge is 0.222 e. The van der Waals surface area contributed by atoms with Crippen LogP contribution >= 0.6 is 0 Å². The van der Waals surface area contributed by atoms with Crippen LogP contribution in [-0.4, -0.2) is 43.1 Å². The molecule has 20 heavy (non-hydrogen) atoms. The van der Waals surface area contributed by atoms with Crippen molar-refractivity contribution < 1.29 is 13.2 Å². The molecule has 1 atom stereocenters. The minimum atomic E-state index is -3.52. The first-order chi connectivity index (χ1) is 9.33. The van der Waals surface area contributed by atoms with Crippen molar-refractivity contribution in [3.05, 3.63) is 29.6 Å². The van der Waals surface area contributed by atoms with E-state index in [0.29, 0.717) is 19.5 Å². The van der Waals surface area contributed by atoms with Crippen molar-refractivity contribution in [2.45, 2.75) is 19.8 Å². The lowest BCUT2D eigenvalue weighted by Gasteiger charge is -2.16. The number of primary sulfonamides is 1. The van der Waals surface area contributed by atoms with E-state index < -0.39 is 10.0 Å². The van der Waals surface area contributed by atoms with Crippen molar-refractivity contribution in [1.29, 1.82) is 0 Å². The Hall–Kier alpha value is -1.47. The van der Waals surface area contributed by atoms with Crippen LogP contribution in [0.25, 0.3) is 0 Å². The first-order valence-corrected chi connectivity index (χ1v) is 8.26. The lowest BCUT2D eigenvalue weighted by molar-refractivity contribution is -0.127. The van der Waals surface area contributed by atoms with Gasteiger partial charge in [-0.15, -0.1) is 0 Å². The van der Waals surface area contributed by atoms with Crippen LogP contribution in [0.4, 0.5) is 0 Å². The summed E-state index contributed by atoms with van der Waals surface area (Å²) < 4.78 is 22.1. The molecule has 1 amide bonds. The fourth-order valence-corrected chi connectivity index (χ4v) is 3.38. The molecule has 1 saturated heterocycles. The average Bonchev–Trinajstić information content (AvgIpc) is 2.64. The van der Waals surface area contributed by atoms with Gasteiger partial charge in [-0.2, -0.15) is 0 Å². The maximum absolute atomic E-state index is 11.8. The van der Waals surface area contributed by atoms with Crippen LogP contribution in [0.3, 0.4) is 0 Å². The molecule has 2 rings (SSSR count). The van der Waals surface area contributed by atoms with Crippen LogP contribution in [0.2, 0.25) is 0 Å². The minimum Gasteiger partial charge on any atom is -0.342 e. The monoisotopic (exact) mass is 297 g/mol. The van der Waals surface area contributed by atoms with Crippen LogP contribution in [0.1, 0.15) is 17.8 Å². The number of hydrogen-bond acceptors (Lipinski definition) is 4. The summed E-state index contributed by atoms with van der Waals surface area (Å²) in [6, 6.07) is 5.79. The van der Waals surface area contributed by atoms with Gasteiger partial charge in [0.05, 0.1) is 5.75 Å². The Labute approximate surface area is 119 Å². The standard InChI is InChI=1S/C13H19N3O3S/c1-10-3-2-4-12(15-10)5-6-16-8-11(7-13(16)17)9-20(14,18)19/h2-4,11H,5-9H2,1H3,(H2,14,18,19). The highest BCUT2D eigenvalue weighted by molar-refractivity contribution is 7.89. The number of hydrogen-bond donors (Lipinski definition) is 1. The molecular weight excluding hydrogens is 278 g/mol. The van der Waals surface area contributed by atoms with Gasteiger partial charge in [-0.3, -0.25) is 9.78 Å². The second kappa shape index (κ2) is 5.88. The molecule has 1 fully saturated rings. The molecule has 1 unspecified atom stereocenters. The highest BCUT2D eigenvalue weighted by Gasteiger charge is 2.31. The summed E-state index contributed by atoms with van der Waals surface area (Å²) in [5.74, 6) is -0.327. The summed E-state index contributed by atoms with van der Waals surface area (Å²) in [5, 5.41) is 5.02. The molecule has 1 aromatic heterocycles. The maximum Gasteiger partial charge on any atom is 0.222 e. The summed E-state index contributed by atoms with van der Waals surface area (Å²) in [7, 11) is -3.52. The van der Waals surface area contributed by atoms with Crippen LogP contribution in [-0.2, 0) is 21.2 Å². The van der Waals surface area contributed by atoms with Crippen molar-refractivity contribution in [3.63, 3.8) is 0 Å². The van der Waals surface area contributed by atoms with Gasteiger partial charge >= 0.3 is 0 Å². The van der Waals surface area contributed by atoms with Crippen molar-refractivity contribution >= 4 is 15.9 Å². The van der Waals surface area contributed by atoms with E-state index in [9.17, 15) is 13.2 Å². The van der Waals surface area contributed by atoms with E-state index in [2.05, 4.69) is 4.98 Å². The Bertz CT molecular complexity index is 601. The second-order valence-corrected chi connectivity index (χ2v) is 6.92. The van der Waals surface area contributed by atoms with E-state index in [1.807, 2.05) is 25.1 Å². The number of likely N-dealkylation sites (tertiary alicyclic amines) is 1. The fraction of sp³-hybridized carbons (Fsp3) is 0.538. The predicted octanol–water partition coefficient (Wildman–Crippen LogP) is 0.0695. The molecule has 0 spiro atoms. The molecule has 0 radical (unpaired) electrons. The Balaban J connectivity index is 1.89. The molecule has 0 aliphatic carbocycles. The molecule has 7 heteroatoms. The van der Waals surface area contributed by atoms with Gasteiger partial charge in [0, 0.05) is 43.2 Å². The summed E-state index contributed by atoms with van der Waals surface area (Å²) in [5.41, 5.74) is 1.88. The molecule has 2 N–H and O–H groups in total. The third-order valence-electron chi connectivity index (χ3n) is 3.35. The van der Waals surface area contributed by atoms with Crippen LogP contribution in [0.15, 0.2) is 18.2 Å². The Morgan fingerprint density at radius 2 is 2.20 bits per heavy atom. The highest BCUT2D eigenvalue weighted by Crippen LogP contribution is 2.19. The first-order valence-electron chi connectivity index (χ1n) is 6.54. The highest BCUT2D eigenvalue weighted by atomic mass is 32.2.